The number of hydrogen-bond acceptors (Lipinski definition) is 3. The highest BCUT2D eigenvalue weighted by atomic mass is 32.2. The molecular weight excluding hydrogens is 433 g/mol. The van der Waals surface area contributed by atoms with E-state index in [9.17, 15) is 9.18 Å². The van der Waals surface area contributed by atoms with Gasteiger partial charge in [0, 0.05) is 17.9 Å². The molecule has 1 fully saturated rings. The van der Waals surface area contributed by atoms with E-state index in [2.05, 4.69) is 61.5 Å². The molecule has 2 heterocycles. The molecular formula is C27H28FN3OS. The van der Waals surface area contributed by atoms with E-state index >= 15 is 0 Å². The van der Waals surface area contributed by atoms with E-state index in [4.69, 9.17) is 0 Å². The number of carbonyl (C=O) groups is 1. The molecule has 1 amide bonds. The molecule has 2 aromatic carbocycles. The Kier molecular flexibility index (Phi) is 6.56. The van der Waals surface area contributed by atoms with Crippen molar-refractivity contribution in [3.8, 4) is 5.69 Å². The topological polar surface area (TPSA) is 37.6 Å². The lowest BCUT2D eigenvalue weighted by molar-refractivity contribution is -0.122. The number of rotatable bonds is 5. The first-order valence-corrected chi connectivity index (χ1v) is 12.0. The van der Waals surface area contributed by atoms with Crippen molar-refractivity contribution in [3.63, 3.8) is 0 Å². The zero-order valence-electron chi connectivity index (χ0n) is 19.6. The van der Waals surface area contributed by atoms with Gasteiger partial charge in [-0.2, -0.15) is 0 Å². The summed E-state index contributed by atoms with van der Waals surface area (Å²) in [6.07, 6.45) is 2.92. The number of carbonyl (C=O) groups excluding carboxylic acids is 1. The number of thioether (sulfide) groups is 1. The number of likely N-dealkylation sites (N-methyl/N-ethyl adjacent to an activating group) is 1. The summed E-state index contributed by atoms with van der Waals surface area (Å²) in [6, 6.07) is 14.5. The van der Waals surface area contributed by atoms with Gasteiger partial charge in [0.25, 0.3) is 5.91 Å². The minimum atomic E-state index is -0.308. The fraction of sp³-hybridized carbons (Fsp3) is 0.259. The van der Waals surface area contributed by atoms with Crippen LogP contribution in [0.1, 0.15) is 41.9 Å². The van der Waals surface area contributed by atoms with Crippen LogP contribution < -0.4 is 0 Å². The number of aryl methyl sites for hydroxylation is 3. The van der Waals surface area contributed by atoms with Crippen LogP contribution in [0.5, 0.6) is 0 Å². The predicted octanol–water partition coefficient (Wildman–Crippen LogP) is 6.73. The quantitative estimate of drug-likeness (QED) is 0.395. The second-order valence-corrected chi connectivity index (χ2v) is 9.14. The number of nitrogens with zero attached hydrogens (tertiary/aromatic N) is 3. The Morgan fingerprint density at radius 3 is 2.45 bits per heavy atom. The van der Waals surface area contributed by atoms with Crippen molar-refractivity contribution in [2.45, 2.75) is 41.0 Å². The predicted molar refractivity (Wildman–Crippen MR) is 136 cm³/mol. The average Bonchev–Trinajstić information content (AvgIpc) is 3.24. The molecule has 0 saturated carbocycles. The summed E-state index contributed by atoms with van der Waals surface area (Å²) in [6.45, 7) is 11.0. The first-order chi connectivity index (χ1) is 15.8. The third-order valence-electron chi connectivity index (χ3n) is 5.94. The van der Waals surface area contributed by atoms with Gasteiger partial charge in [0.2, 0.25) is 0 Å². The van der Waals surface area contributed by atoms with Gasteiger partial charge in [0.05, 0.1) is 16.3 Å². The van der Waals surface area contributed by atoms with Crippen LogP contribution in [0.25, 0.3) is 11.8 Å². The summed E-state index contributed by atoms with van der Waals surface area (Å²) in [4.78, 5) is 20.0. The molecule has 170 valence electrons. The minimum Gasteiger partial charge on any atom is -0.317 e. The summed E-state index contributed by atoms with van der Waals surface area (Å²) < 4.78 is 15.5. The van der Waals surface area contributed by atoms with Crippen LogP contribution in [-0.2, 0) is 11.2 Å². The van der Waals surface area contributed by atoms with Crippen LogP contribution in [0, 0.1) is 26.6 Å². The maximum absolute atomic E-state index is 13.2. The van der Waals surface area contributed by atoms with Gasteiger partial charge in [-0.15, -0.1) is 0 Å². The van der Waals surface area contributed by atoms with Crippen molar-refractivity contribution < 1.29 is 9.18 Å². The molecule has 1 aliphatic rings. The molecule has 1 saturated heterocycles. The number of benzene rings is 2. The summed E-state index contributed by atoms with van der Waals surface area (Å²) in [5, 5.41) is 0.612. The summed E-state index contributed by atoms with van der Waals surface area (Å²) >= 11 is 1.36. The van der Waals surface area contributed by atoms with Gasteiger partial charge >= 0.3 is 0 Å². The van der Waals surface area contributed by atoms with Gasteiger partial charge in [-0.05, 0) is 99.0 Å². The van der Waals surface area contributed by atoms with E-state index in [0.717, 1.165) is 23.4 Å². The summed E-state index contributed by atoms with van der Waals surface area (Å²) in [7, 11) is 0. The Morgan fingerprint density at radius 2 is 1.79 bits per heavy atom. The fourth-order valence-corrected chi connectivity index (χ4v) is 5.29. The second-order valence-electron chi connectivity index (χ2n) is 8.13. The van der Waals surface area contributed by atoms with E-state index in [1.807, 2.05) is 13.0 Å². The lowest BCUT2D eigenvalue weighted by atomic mass is 10.1. The molecule has 33 heavy (non-hydrogen) atoms. The summed E-state index contributed by atoms with van der Waals surface area (Å²) in [5.41, 5.74) is 7.62. The third kappa shape index (κ3) is 4.40. The fourth-order valence-electron chi connectivity index (χ4n) is 4.24. The molecule has 0 unspecified atom stereocenters. The first-order valence-electron chi connectivity index (χ1n) is 11.2. The average molecular weight is 462 g/mol. The molecule has 6 heteroatoms. The van der Waals surface area contributed by atoms with Crippen LogP contribution in [0.15, 0.2) is 58.4 Å². The van der Waals surface area contributed by atoms with Crippen molar-refractivity contribution >= 4 is 34.6 Å². The van der Waals surface area contributed by atoms with E-state index in [1.165, 1.54) is 40.7 Å². The molecule has 1 aromatic heterocycles. The number of aromatic nitrogens is 1. The number of para-hydroxylation sites is 1. The van der Waals surface area contributed by atoms with E-state index in [1.54, 1.807) is 17.0 Å². The first kappa shape index (κ1) is 23.1. The van der Waals surface area contributed by atoms with Crippen molar-refractivity contribution in [3.05, 3.63) is 87.3 Å². The van der Waals surface area contributed by atoms with Crippen LogP contribution in [-0.4, -0.2) is 27.1 Å². The van der Waals surface area contributed by atoms with E-state index < -0.39 is 0 Å². The highest BCUT2D eigenvalue weighted by Crippen LogP contribution is 2.35. The monoisotopic (exact) mass is 461 g/mol. The molecule has 0 bridgehead atoms. The number of aliphatic imine (C=N–C) groups is 1. The lowest BCUT2D eigenvalue weighted by Crippen LogP contribution is -2.28. The van der Waals surface area contributed by atoms with Crippen molar-refractivity contribution in [2.75, 3.05) is 6.54 Å². The number of amides is 1. The SMILES string of the molecule is CCc1cccc(C)c1-n1c(C)cc(/C=C2\SC(=Nc3ccc(F)cc3)N(CC)C2=O)c1C. The minimum absolute atomic E-state index is 0.0571. The van der Waals surface area contributed by atoms with E-state index in [0.29, 0.717) is 22.3 Å². The standard InChI is InChI=1S/C27H28FN3OS/c1-6-20-10-8-9-17(3)25(20)31-18(4)15-21(19(31)5)16-24-26(32)30(7-2)27(33-24)29-23-13-11-22(28)12-14-23/h8-16H,6-7H2,1-5H3/b24-16-,29-27?. The molecule has 4 rings (SSSR count). The molecule has 0 radical (unpaired) electrons. The number of amidine groups is 1. The Balaban J connectivity index is 1.74. The zero-order valence-corrected chi connectivity index (χ0v) is 20.5. The van der Waals surface area contributed by atoms with Gasteiger partial charge in [0.15, 0.2) is 5.17 Å². The molecule has 1 aliphatic heterocycles. The molecule has 0 spiro atoms. The van der Waals surface area contributed by atoms with Crippen molar-refractivity contribution in [2.24, 2.45) is 4.99 Å². The Labute approximate surface area is 198 Å². The normalized spacial score (nSPS) is 16.4. The maximum atomic E-state index is 13.2. The largest absolute Gasteiger partial charge is 0.317 e. The van der Waals surface area contributed by atoms with Crippen molar-refractivity contribution in [1.29, 1.82) is 0 Å². The zero-order chi connectivity index (χ0) is 23.7. The van der Waals surface area contributed by atoms with Gasteiger partial charge in [-0.1, -0.05) is 25.1 Å². The molecule has 4 nitrogen and oxygen atoms in total. The highest BCUT2D eigenvalue weighted by Gasteiger charge is 2.32. The number of halogens is 1. The van der Waals surface area contributed by atoms with Crippen molar-refractivity contribution in [1.82, 2.24) is 9.47 Å². The Hall–Kier alpha value is -3.12. The van der Waals surface area contributed by atoms with E-state index in [-0.39, 0.29) is 11.7 Å². The Morgan fingerprint density at radius 1 is 1.06 bits per heavy atom. The smallest absolute Gasteiger partial charge is 0.266 e. The lowest BCUT2D eigenvalue weighted by Gasteiger charge is -2.17. The van der Waals surface area contributed by atoms with Crippen LogP contribution in [0.3, 0.4) is 0 Å². The maximum Gasteiger partial charge on any atom is 0.266 e. The van der Waals surface area contributed by atoms with Gasteiger partial charge < -0.3 is 4.57 Å². The highest BCUT2D eigenvalue weighted by molar-refractivity contribution is 8.18. The van der Waals surface area contributed by atoms with Crippen LogP contribution in [0.4, 0.5) is 10.1 Å². The van der Waals surface area contributed by atoms with Crippen LogP contribution >= 0.6 is 11.8 Å². The molecule has 0 aliphatic carbocycles. The second kappa shape index (κ2) is 9.40. The molecule has 0 atom stereocenters. The number of hydrogen-bond donors (Lipinski definition) is 0. The summed E-state index contributed by atoms with van der Waals surface area (Å²) in [5.74, 6) is -0.365. The third-order valence-corrected chi connectivity index (χ3v) is 6.95. The molecule has 0 N–H and O–H groups in total. The molecule has 3 aromatic rings. The van der Waals surface area contributed by atoms with Crippen LogP contribution in [0.2, 0.25) is 0 Å². The van der Waals surface area contributed by atoms with Gasteiger partial charge in [-0.3, -0.25) is 9.69 Å². The Bertz CT molecular complexity index is 1270. The van der Waals surface area contributed by atoms with Gasteiger partial charge in [-0.25, -0.2) is 9.38 Å². The van der Waals surface area contributed by atoms with Gasteiger partial charge in [0.1, 0.15) is 5.82 Å².